The molecule has 0 saturated heterocycles. The molecule has 0 saturated carbocycles. The molecule has 0 N–H and O–H groups in total. The molecule has 3 aromatic rings. The molecule has 0 aliphatic carbocycles. The highest BCUT2D eigenvalue weighted by molar-refractivity contribution is 5.83. The third-order valence-corrected chi connectivity index (χ3v) is 3.87. The van der Waals surface area contributed by atoms with Crippen LogP contribution in [0.25, 0.3) is 16.7 Å². The van der Waals surface area contributed by atoms with Crippen LogP contribution >= 0.6 is 0 Å². The van der Waals surface area contributed by atoms with Crippen LogP contribution in [0.1, 0.15) is 16.7 Å². The van der Waals surface area contributed by atoms with Gasteiger partial charge in [-0.25, -0.2) is 0 Å². The van der Waals surface area contributed by atoms with Gasteiger partial charge in [-0.3, -0.25) is 0 Å². The van der Waals surface area contributed by atoms with E-state index in [1.807, 2.05) is 12.1 Å². The van der Waals surface area contributed by atoms with Crippen LogP contribution in [-0.4, -0.2) is 0 Å². The second-order valence-corrected chi connectivity index (χ2v) is 5.19. The molecule has 0 nitrogen and oxygen atoms in total. The Morgan fingerprint density at radius 3 is 2.00 bits per heavy atom. The first-order chi connectivity index (χ1) is 10.3. The molecular formula is C21H18. The van der Waals surface area contributed by atoms with Gasteiger partial charge in [0, 0.05) is 0 Å². The molecule has 3 aromatic carbocycles. The van der Waals surface area contributed by atoms with Gasteiger partial charge in [0.15, 0.2) is 0 Å². The van der Waals surface area contributed by atoms with Crippen molar-refractivity contribution in [3.63, 3.8) is 0 Å². The summed E-state index contributed by atoms with van der Waals surface area (Å²) < 4.78 is 0. The van der Waals surface area contributed by atoms with Gasteiger partial charge in [0.25, 0.3) is 0 Å². The summed E-state index contributed by atoms with van der Waals surface area (Å²) in [6.45, 7) is 6.46. The minimum Gasteiger partial charge on any atom is -0.0905 e. The third kappa shape index (κ3) is 2.66. The second kappa shape index (κ2) is 5.80. The Labute approximate surface area is 126 Å². The van der Waals surface area contributed by atoms with Gasteiger partial charge in [0.2, 0.25) is 0 Å². The Morgan fingerprint density at radius 2 is 1.33 bits per heavy atom. The Balaban J connectivity index is 2.08. The third-order valence-electron chi connectivity index (χ3n) is 3.87. The molecule has 0 atom stereocenters. The number of rotatable bonds is 3. The van der Waals surface area contributed by atoms with Crippen LogP contribution in [0, 0.1) is 6.92 Å². The van der Waals surface area contributed by atoms with Crippen molar-refractivity contribution >= 4 is 5.57 Å². The van der Waals surface area contributed by atoms with Gasteiger partial charge in [-0.2, -0.15) is 0 Å². The van der Waals surface area contributed by atoms with E-state index in [1.54, 1.807) is 0 Å². The lowest BCUT2D eigenvalue weighted by Crippen LogP contribution is -1.93. The van der Waals surface area contributed by atoms with E-state index in [0.717, 1.165) is 5.57 Å². The number of hydrogen-bond acceptors (Lipinski definition) is 0. The molecule has 21 heavy (non-hydrogen) atoms. The van der Waals surface area contributed by atoms with Gasteiger partial charge >= 0.3 is 0 Å². The largest absolute Gasteiger partial charge is 0.0905 e. The second-order valence-electron chi connectivity index (χ2n) is 5.19. The minimum absolute atomic E-state index is 1.07. The van der Waals surface area contributed by atoms with E-state index in [4.69, 9.17) is 0 Å². The van der Waals surface area contributed by atoms with Crippen molar-refractivity contribution in [3.05, 3.63) is 102 Å². The summed E-state index contributed by atoms with van der Waals surface area (Å²) in [6.07, 6.45) is 0. The van der Waals surface area contributed by atoms with Crippen LogP contribution in [0.3, 0.4) is 0 Å². The van der Waals surface area contributed by atoms with E-state index in [1.165, 1.54) is 27.8 Å². The average molecular weight is 270 g/mol. The fraction of sp³-hybridized carbons (Fsp3) is 0.0476. The highest BCUT2D eigenvalue weighted by atomic mass is 14.1. The Hall–Kier alpha value is -2.60. The van der Waals surface area contributed by atoms with E-state index in [9.17, 15) is 0 Å². The first kappa shape index (κ1) is 13.4. The van der Waals surface area contributed by atoms with Crippen molar-refractivity contribution in [2.75, 3.05) is 0 Å². The van der Waals surface area contributed by atoms with Crippen LogP contribution < -0.4 is 0 Å². The topological polar surface area (TPSA) is 0 Å². The predicted octanol–water partition coefficient (Wildman–Crippen LogP) is 5.72. The average Bonchev–Trinajstić information content (AvgIpc) is 2.56. The normalized spacial score (nSPS) is 10.3. The smallest absolute Gasteiger partial charge is 0.0148 e. The maximum Gasteiger partial charge on any atom is -0.0148 e. The van der Waals surface area contributed by atoms with Crippen molar-refractivity contribution < 1.29 is 0 Å². The molecule has 0 heteroatoms. The molecule has 0 radical (unpaired) electrons. The zero-order valence-corrected chi connectivity index (χ0v) is 12.2. The van der Waals surface area contributed by atoms with Crippen molar-refractivity contribution in [1.29, 1.82) is 0 Å². The van der Waals surface area contributed by atoms with E-state index < -0.39 is 0 Å². The minimum atomic E-state index is 1.07. The molecule has 0 aliphatic heterocycles. The first-order valence-corrected chi connectivity index (χ1v) is 7.17. The predicted molar refractivity (Wildman–Crippen MR) is 91.2 cm³/mol. The lowest BCUT2D eigenvalue weighted by molar-refractivity contribution is 1.41. The fourth-order valence-corrected chi connectivity index (χ4v) is 2.69. The molecule has 0 fully saturated rings. The standard InChI is InChI=1S/C21H18/c1-16(18-10-5-3-6-11-18)20-14-9-15-21(17(20)2)19-12-7-4-8-13-19/h3-15H,1H2,2H3. The van der Waals surface area contributed by atoms with E-state index in [2.05, 4.69) is 80.2 Å². The maximum absolute atomic E-state index is 4.29. The van der Waals surface area contributed by atoms with Gasteiger partial charge < -0.3 is 0 Å². The lowest BCUT2D eigenvalue weighted by Gasteiger charge is -2.14. The van der Waals surface area contributed by atoms with Crippen molar-refractivity contribution in [2.45, 2.75) is 6.92 Å². The van der Waals surface area contributed by atoms with Gasteiger partial charge in [-0.15, -0.1) is 0 Å². The molecule has 0 aromatic heterocycles. The quantitative estimate of drug-likeness (QED) is 0.570. The zero-order valence-electron chi connectivity index (χ0n) is 12.2. The molecule has 0 aliphatic rings. The monoisotopic (exact) mass is 270 g/mol. The summed E-state index contributed by atoms with van der Waals surface area (Å²) in [5.74, 6) is 0. The highest BCUT2D eigenvalue weighted by Gasteiger charge is 2.09. The SMILES string of the molecule is C=C(c1ccccc1)c1cccc(-c2ccccc2)c1C. The zero-order chi connectivity index (χ0) is 14.7. The molecule has 0 bridgehead atoms. The molecule has 102 valence electrons. The van der Waals surface area contributed by atoms with Crippen molar-refractivity contribution in [1.82, 2.24) is 0 Å². The first-order valence-electron chi connectivity index (χ1n) is 7.17. The number of hydrogen-bond donors (Lipinski definition) is 0. The van der Waals surface area contributed by atoms with Crippen molar-refractivity contribution in [3.8, 4) is 11.1 Å². The lowest BCUT2D eigenvalue weighted by atomic mass is 9.90. The Kier molecular flexibility index (Phi) is 3.70. The van der Waals surface area contributed by atoms with Crippen LogP contribution in [0.4, 0.5) is 0 Å². The summed E-state index contributed by atoms with van der Waals surface area (Å²) in [5, 5.41) is 0. The van der Waals surface area contributed by atoms with Gasteiger partial charge in [-0.05, 0) is 40.3 Å². The van der Waals surface area contributed by atoms with Crippen LogP contribution in [0.15, 0.2) is 85.4 Å². The molecule has 3 rings (SSSR count). The molecule has 0 unspecified atom stereocenters. The van der Waals surface area contributed by atoms with Crippen LogP contribution in [0.5, 0.6) is 0 Å². The molecule has 0 amide bonds. The summed E-state index contributed by atoms with van der Waals surface area (Å²) in [5.41, 5.74) is 7.25. The van der Waals surface area contributed by atoms with E-state index >= 15 is 0 Å². The van der Waals surface area contributed by atoms with Gasteiger partial charge in [0.1, 0.15) is 0 Å². The Morgan fingerprint density at radius 1 is 0.714 bits per heavy atom. The summed E-state index contributed by atoms with van der Waals surface area (Å²) in [4.78, 5) is 0. The summed E-state index contributed by atoms with van der Waals surface area (Å²) in [7, 11) is 0. The van der Waals surface area contributed by atoms with Gasteiger partial charge in [-0.1, -0.05) is 85.4 Å². The van der Waals surface area contributed by atoms with Gasteiger partial charge in [0.05, 0.1) is 0 Å². The van der Waals surface area contributed by atoms with E-state index in [-0.39, 0.29) is 0 Å². The molecular weight excluding hydrogens is 252 g/mol. The number of benzene rings is 3. The highest BCUT2D eigenvalue weighted by Crippen LogP contribution is 2.31. The maximum atomic E-state index is 4.29. The van der Waals surface area contributed by atoms with Crippen LogP contribution in [0.2, 0.25) is 0 Å². The van der Waals surface area contributed by atoms with Crippen LogP contribution in [-0.2, 0) is 0 Å². The Bertz CT molecular complexity index is 753. The summed E-state index contributed by atoms with van der Waals surface area (Å²) >= 11 is 0. The fourth-order valence-electron chi connectivity index (χ4n) is 2.69. The van der Waals surface area contributed by atoms with Crippen molar-refractivity contribution in [2.24, 2.45) is 0 Å². The summed E-state index contributed by atoms with van der Waals surface area (Å²) in [6, 6.07) is 27.3. The van der Waals surface area contributed by atoms with E-state index in [0.29, 0.717) is 0 Å². The molecule has 0 heterocycles. The molecule has 0 spiro atoms.